The number of hydrogen-bond acceptors (Lipinski definition) is 1. The van der Waals surface area contributed by atoms with E-state index in [1.54, 1.807) is 7.05 Å². The Morgan fingerprint density at radius 3 is 2.85 bits per heavy atom. The van der Waals surface area contributed by atoms with Crippen LogP contribution in [0, 0.1) is 5.92 Å². The van der Waals surface area contributed by atoms with E-state index >= 15 is 0 Å². The Morgan fingerprint density at radius 1 is 1.31 bits per heavy atom. The van der Waals surface area contributed by atoms with E-state index in [1.165, 1.54) is 32.1 Å². The summed E-state index contributed by atoms with van der Waals surface area (Å²) >= 11 is 0. The fourth-order valence-corrected chi connectivity index (χ4v) is 2.85. The minimum atomic E-state index is 0.122. The first-order valence-corrected chi connectivity index (χ1v) is 5.31. The molecule has 0 spiro atoms. The molecule has 2 rings (SSSR count). The number of nitrogens with zero attached hydrogens (tertiary/aromatic N) is 1. The lowest BCUT2D eigenvalue weighted by atomic mass is 9.92. The Balaban J connectivity index is 2.05. The van der Waals surface area contributed by atoms with Crippen LogP contribution in [0.25, 0.3) is 0 Å². The molecule has 2 amide bonds. The van der Waals surface area contributed by atoms with Crippen LogP contribution in [0.15, 0.2) is 0 Å². The van der Waals surface area contributed by atoms with Crippen molar-refractivity contribution in [3.05, 3.63) is 0 Å². The first kappa shape index (κ1) is 8.85. The topological polar surface area (TPSA) is 32.3 Å². The van der Waals surface area contributed by atoms with Gasteiger partial charge in [0.1, 0.15) is 0 Å². The average molecular weight is 182 g/mol. The van der Waals surface area contributed by atoms with Gasteiger partial charge in [-0.3, -0.25) is 0 Å². The zero-order valence-corrected chi connectivity index (χ0v) is 8.25. The lowest BCUT2D eigenvalue weighted by Crippen LogP contribution is -2.49. The molecule has 0 radical (unpaired) electrons. The third kappa shape index (κ3) is 1.52. The second-order valence-corrected chi connectivity index (χ2v) is 4.15. The molecule has 0 bridgehead atoms. The van der Waals surface area contributed by atoms with Gasteiger partial charge < -0.3 is 10.2 Å². The van der Waals surface area contributed by atoms with Gasteiger partial charge in [-0.25, -0.2) is 4.79 Å². The molecule has 2 aliphatic rings. The predicted molar refractivity (Wildman–Crippen MR) is 51.5 cm³/mol. The maximum Gasteiger partial charge on any atom is 0.317 e. The van der Waals surface area contributed by atoms with Crippen LogP contribution in [0.1, 0.15) is 32.1 Å². The Morgan fingerprint density at radius 2 is 2.08 bits per heavy atom. The summed E-state index contributed by atoms with van der Waals surface area (Å²) in [5.41, 5.74) is 0. The zero-order valence-electron chi connectivity index (χ0n) is 8.25. The summed E-state index contributed by atoms with van der Waals surface area (Å²) in [7, 11) is 1.72. The summed E-state index contributed by atoms with van der Waals surface area (Å²) < 4.78 is 0. The van der Waals surface area contributed by atoms with Crippen LogP contribution in [-0.4, -0.2) is 30.6 Å². The second kappa shape index (κ2) is 3.56. The lowest BCUT2D eigenvalue weighted by molar-refractivity contribution is 0.130. The summed E-state index contributed by atoms with van der Waals surface area (Å²) in [6.45, 7) is 0.959. The van der Waals surface area contributed by atoms with Gasteiger partial charge in [0.25, 0.3) is 0 Å². The molecule has 2 unspecified atom stereocenters. The van der Waals surface area contributed by atoms with Crippen LogP contribution >= 0.6 is 0 Å². The minimum absolute atomic E-state index is 0.122. The molecule has 1 heterocycles. The highest BCUT2D eigenvalue weighted by Crippen LogP contribution is 2.36. The second-order valence-electron chi connectivity index (χ2n) is 4.15. The predicted octanol–water partition coefficient (Wildman–Crippen LogP) is 1.59. The SMILES string of the molecule is CNC(=O)N1CCCC2CCCC21. The quantitative estimate of drug-likeness (QED) is 0.606. The molecule has 1 saturated carbocycles. The maximum atomic E-state index is 11.5. The van der Waals surface area contributed by atoms with Gasteiger partial charge in [0.05, 0.1) is 0 Å². The van der Waals surface area contributed by atoms with E-state index in [0.717, 1.165) is 12.5 Å². The molecule has 3 nitrogen and oxygen atoms in total. The fraction of sp³-hybridized carbons (Fsp3) is 0.900. The van der Waals surface area contributed by atoms with Crippen LogP contribution in [0.5, 0.6) is 0 Å². The monoisotopic (exact) mass is 182 g/mol. The number of amides is 2. The van der Waals surface area contributed by atoms with E-state index in [1.807, 2.05) is 4.90 Å². The summed E-state index contributed by atoms with van der Waals surface area (Å²) in [6, 6.07) is 0.672. The summed E-state index contributed by atoms with van der Waals surface area (Å²) in [5, 5.41) is 2.73. The summed E-state index contributed by atoms with van der Waals surface area (Å²) in [4.78, 5) is 13.6. The Kier molecular flexibility index (Phi) is 2.42. The first-order valence-electron chi connectivity index (χ1n) is 5.31. The van der Waals surface area contributed by atoms with Crippen molar-refractivity contribution in [3.8, 4) is 0 Å². The molecule has 1 N–H and O–H groups in total. The molecule has 3 heteroatoms. The molecular formula is C10H18N2O. The highest BCUT2D eigenvalue weighted by atomic mass is 16.2. The van der Waals surface area contributed by atoms with Crippen molar-refractivity contribution >= 4 is 6.03 Å². The van der Waals surface area contributed by atoms with Gasteiger partial charge in [-0.05, 0) is 31.6 Å². The molecular weight excluding hydrogens is 164 g/mol. The molecule has 0 aromatic rings. The van der Waals surface area contributed by atoms with Crippen molar-refractivity contribution in [2.75, 3.05) is 13.6 Å². The summed E-state index contributed by atoms with van der Waals surface area (Å²) in [5.74, 6) is 0.797. The van der Waals surface area contributed by atoms with Gasteiger partial charge in [-0.1, -0.05) is 6.42 Å². The number of rotatable bonds is 0. The molecule has 74 valence electrons. The molecule has 2 atom stereocenters. The average Bonchev–Trinajstić information content (AvgIpc) is 2.63. The number of nitrogens with one attached hydrogen (secondary N) is 1. The number of fused-ring (bicyclic) bond motifs is 1. The van der Waals surface area contributed by atoms with E-state index in [0.29, 0.717) is 6.04 Å². The van der Waals surface area contributed by atoms with Crippen LogP contribution in [0.3, 0.4) is 0 Å². The van der Waals surface area contributed by atoms with Crippen LogP contribution in [0.4, 0.5) is 4.79 Å². The number of urea groups is 1. The van der Waals surface area contributed by atoms with Gasteiger partial charge >= 0.3 is 6.03 Å². The molecule has 1 aliphatic carbocycles. The van der Waals surface area contributed by atoms with Gasteiger partial charge in [-0.15, -0.1) is 0 Å². The van der Waals surface area contributed by atoms with Crippen molar-refractivity contribution in [2.45, 2.75) is 38.1 Å². The van der Waals surface area contributed by atoms with Crippen molar-refractivity contribution in [1.82, 2.24) is 10.2 Å². The van der Waals surface area contributed by atoms with E-state index in [-0.39, 0.29) is 6.03 Å². The van der Waals surface area contributed by atoms with Gasteiger partial charge in [0.15, 0.2) is 0 Å². The smallest absolute Gasteiger partial charge is 0.317 e. The number of likely N-dealkylation sites (tertiary alicyclic amines) is 1. The first-order chi connectivity index (χ1) is 6.33. The van der Waals surface area contributed by atoms with E-state index in [9.17, 15) is 4.79 Å². The van der Waals surface area contributed by atoms with Crippen molar-refractivity contribution in [2.24, 2.45) is 5.92 Å². The van der Waals surface area contributed by atoms with Gasteiger partial charge in [0.2, 0.25) is 0 Å². The third-order valence-electron chi connectivity index (χ3n) is 3.47. The van der Waals surface area contributed by atoms with Crippen molar-refractivity contribution < 1.29 is 4.79 Å². The largest absolute Gasteiger partial charge is 0.341 e. The highest BCUT2D eigenvalue weighted by Gasteiger charge is 2.36. The summed E-state index contributed by atoms with van der Waals surface area (Å²) in [6.07, 6.45) is 6.38. The van der Waals surface area contributed by atoms with E-state index in [4.69, 9.17) is 0 Å². The van der Waals surface area contributed by atoms with Crippen molar-refractivity contribution in [3.63, 3.8) is 0 Å². The number of piperidine rings is 1. The highest BCUT2D eigenvalue weighted by molar-refractivity contribution is 5.74. The minimum Gasteiger partial charge on any atom is -0.341 e. The normalized spacial score (nSPS) is 32.8. The molecule has 1 aliphatic heterocycles. The number of hydrogen-bond donors (Lipinski definition) is 1. The molecule has 13 heavy (non-hydrogen) atoms. The molecule has 0 aromatic carbocycles. The van der Waals surface area contributed by atoms with Crippen LogP contribution in [-0.2, 0) is 0 Å². The lowest BCUT2D eigenvalue weighted by Gasteiger charge is -2.37. The third-order valence-corrected chi connectivity index (χ3v) is 3.47. The van der Waals surface area contributed by atoms with Gasteiger partial charge in [0, 0.05) is 19.6 Å². The standard InChI is InChI=1S/C10H18N2O/c1-11-10(13)12-7-3-5-8-4-2-6-9(8)12/h8-9H,2-7H2,1H3,(H,11,13). The van der Waals surface area contributed by atoms with E-state index < -0.39 is 0 Å². The molecule has 0 aromatic heterocycles. The van der Waals surface area contributed by atoms with Crippen LogP contribution in [0.2, 0.25) is 0 Å². The Labute approximate surface area is 79.5 Å². The van der Waals surface area contributed by atoms with E-state index in [2.05, 4.69) is 5.32 Å². The van der Waals surface area contributed by atoms with Crippen molar-refractivity contribution in [1.29, 1.82) is 0 Å². The number of carbonyl (C=O) groups excluding carboxylic acids is 1. The molecule has 2 fully saturated rings. The van der Waals surface area contributed by atoms with Crippen LogP contribution < -0.4 is 5.32 Å². The Bertz CT molecular complexity index is 205. The maximum absolute atomic E-state index is 11.5. The Hall–Kier alpha value is -0.730. The fourth-order valence-electron chi connectivity index (χ4n) is 2.85. The zero-order chi connectivity index (χ0) is 9.26. The number of carbonyl (C=O) groups is 1. The van der Waals surface area contributed by atoms with Gasteiger partial charge in [-0.2, -0.15) is 0 Å². The molecule has 1 saturated heterocycles.